The van der Waals surface area contributed by atoms with Crippen LogP contribution in [0.2, 0.25) is 0 Å². The lowest BCUT2D eigenvalue weighted by Crippen LogP contribution is -2.44. The van der Waals surface area contributed by atoms with E-state index in [4.69, 9.17) is 10.5 Å². The first-order valence-electron chi connectivity index (χ1n) is 12.0. The van der Waals surface area contributed by atoms with Crippen molar-refractivity contribution in [1.29, 1.82) is 0 Å². The number of hydrogen-bond donors (Lipinski definition) is 2. The second-order valence-electron chi connectivity index (χ2n) is 9.18. The molecule has 1 fully saturated rings. The van der Waals surface area contributed by atoms with Gasteiger partial charge in [0.25, 0.3) is 0 Å². The van der Waals surface area contributed by atoms with Crippen LogP contribution >= 0.6 is 0 Å². The fourth-order valence-electron chi connectivity index (χ4n) is 4.52. The lowest BCUT2D eigenvalue weighted by Gasteiger charge is -2.35. The summed E-state index contributed by atoms with van der Waals surface area (Å²) >= 11 is 0. The predicted octanol–water partition coefficient (Wildman–Crippen LogP) is 4.42. The second-order valence-corrected chi connectivity index (χ2v) is 9.18. The van der Waals surface area contributed by atoms with Crippen molar-refractivity contribution in [1.82, 2.24) is 24.4 Å². The molecule has 0 bridgehead atoms. The van der Waals surface area contributed by atoms with E-state index in [0.29, 0.717) is 27.8 Å². The summed E-state index contributed by atoms with van der Waals surface area (Å²) < 4.78 is 74.7. The Morgan fingerprint density at radius 2 is 1.79 bits per heavy atom. The number of nitrogens with zero attached hydrogens (tertiary/aromatic N) is 6. The van der Waals surface area contributed by atoms with Crippen LogP contribution in [0.4, 0.5) is 45.0 Å². The molecule has 0 spiro atoms. The first-order valence-corrected chi connectivity index (χ1v) is 12.0. The third-order valence-electron chi connectivity index (χ3n) is 6.43. The Kier molecular flexibility index (Phi) is 6.89. The summed E-state index contributed by atoms with van der Waals surface area (Å²) in [6.07, 6.45) is -3.37. The van der Waals surface area contributed by atoms with Crippen LogP contribution in [0.3, 0.4) is 0 Å². The number of nitrogens with two attached hydrogens (primary N) is 1. The maximum atomic E-state index is 14.4. The van der Waals surface area contributed by atoms with Crippen LogP contribution < -0.4 is 20.7 Å². The fraction of sp³-hybridized carbons (Fsp3) is 0.320. The number of nitrogens with one attached hydrogen (secondary N) is 1. The molecule has 3 N–H and O–H groups in total. The quantitative estimate of drug-likeness (QED) is 0.270. The summed E-state index contributed by atoms with van der Waals surface area (Å²) in [4.78, 5) is 16.8. The average molecular weight is 549 g/mol. The molecular formula is C25H25F5N8O. The molecule has 206 valence electrons. The SMILES string of the molecule is COc1cc(N2CCN(C)CC2)c(N)cc1Nc1nccc(-c2nc3c(F)cc(F)cc3n2CC(F)(F)F)n1. The Morgan fingerprint density at radius 3 is 2.49 bits per heavy atom. The van der Waals surface area contributed by atoms with E-state index in [-0.39, 0.29) is 23.0 Å². The number of ether oxygens (including phenoxy) is 1. The average Bonchev–Trinajstić information content (AvgIpc) is 3.22. The minimum absolute atomic E-state index is 0.00909. The maximum Gasteiger partial charge on any atom is 0.406 e. The molecular weight excluding hydrogens is 523 g/mol. The number of nitrogen functional groups attached to an aromatic ring is 1. The molecule has 4 aromatic rings. The number of imidazole rings is 1. The van der Waals surface area contributed by atoms with E-state index < -0.39 is 29.9 Å². The highest BCUT2D eigenvalue weighted by atomic mass is 19.4. The van der Waals surface area contributed by atoms with Crippen molar-refractivity contribution in [2.45, 2.75) is 12.7 Å². The van der Waals surface area contributed by atoms with E-state index in [1.54, 1.807) is 12.1 Å². The predicted molar refractivity (Wildman–Crippen MR) is 137 cm³/mol. The van der Waals surface area contributed by atoms with Gasteiger partial charge >= 0.3 is 6.18 Å². The molecule has 3 heterocycles. The van der Waals surface area contributed by atoms with E-state index in [9.17, 15) is 22.0 Å². The summed E-state index contributed by atoms with van der Waals surface area (Å²) in [5, 5.41) is 2.99. The van der Waals surface area contributed by atoms with Gasteiger partial charge in [-0.2, -0.15) is 13.2 Å². The van der Waals surface area contributed by atoms with Gasteiger partial charge in [0.05, 0.1) is 29.7 Å². The standard InChI is InChI=1S/C25H25F5N8O/c1-36-5-7-37(8-6-36)19-12-21(39-2)18(11-16(19)31)34-24-32-4-3-17(33-24)23-35-22-15(27)9-14(26)10-20(22)38(23)13-25(28,29)30/h3-4,9-12H,5-8,13,31H2,1-2H3,(H,32,33,34). The van der Waals surface area contributed by atoms with Crippen LogP contribution in [0.1, 0.15) is 0 Å². The molecule has 39 heavy (non-hydrogen) atoms. The number of hydrogen-bond acceptors (Lipinski definition) is 8. The van der Waals surface area contributed by atoms with Crippen LogP contribution in [0, 0.1) is 11.6 Å². The van der Waals surface area contributed by atoms with E-state index in [0.717, 1.165) is 37.9 Å². The highest BCUT2D eigenvalue weighted by molar-refractivity contribution is 5.82. The van der Waals surface area contributed by atoms with Crippen molar-refractivity contribution < 1.29 is 26.7 Å². The van der Waals surface area contributed by atoms with Gasteiger partial charge in [-0.15, -0.1) is 0 Å². The Hall–Kier alpha value is -4.20. The number of alkyl halides is 3. The molecule has 0 amide bonds. The zero-order valence-corrected chi connectivity index (χ0v) is 21.1. The van der Waals surface area contributed by atoms with Crippen molar-refractivity contribution >= 4 is 34.0 Å². The lowest BCUT2D eigenvalue weighted by atomic mass is 10.2. The zero-order valence-electron chi connectivity index (χ0n) is 21.1. The Morgan fingerprint density at radius 1 is 1.05 bits per heavy atom. The number of fused-ring (bicyclic) bond motifs is 1. The minimum Gasteiger partial charge on any atom is -0.494 e. The molecule has 14 heteroatoms. The molecule has 1 aliphatic heterocycles. The number of methoxy groups -OCH3 is 1. The molecule has 0 aliphatic carbocycles. The Labute approximate surface area is 220 Å². The first-order chi connectivity index (χ1) is 18.5. The van der Waals surface area contributed by atoms with Gasteiger partial charge in [0.1, 0.15) is 29.3 Å². The molecule has 0 saturated carbocycles. The molecule has 0 unspecified atom stereocenters. The van der Waals surface area contributed by atoms with Crippen molar-refractivity contribution in [3.63, 3.8) is 0 Å². The maximum absolute atomic E-state index is 14.4. The molecule has 9 nitrogen and oxygen atoms in total. The summed E-state index contributed by atoms with van der Waals surface area (Å²) in [7, 11) is 3.55. The van der Waals surface area contributed by atoms with Gasteiger partial charge < -0.3 is 30.2 Å². The first kappa shape index (κ1) is 26.4. The minimum atomic E-state index is -4.68. The molecule has 1 aliphatic rings. The molecule has 0 atom stereocenters. The Bertz CT molecular complexity index is 1510. The smallest absolute Gasteiger partial charge is 0.406 e. The number of piperazine rings is 1. The number of benzene rings is 2. The summed E-state index contributed by atoms with van der Waals surface area (Å²) in [5.41, 5.74) is 7.31. The molecule has 1 saturated heterocycles. The molecule has 2 aromatic carbocycles. The lowest BCUT2D eigenvalue weighted by molar-refractivity contribution is -0.139. The van der Waals surface area contributed by atoms with E-state index in [1.807, 2.05) is 0 Å². The van der Waals surface area contributed by atoms with Gasteiger partial charge in [0.15, 0.2) is 11.6 Å². The Balaban J connectivity index is 1.51. The van der Waals surface area contributed by atoms with Gasteiger partial charge in [0, 0.05) is 44.5 Å². The van der Waals surface area contributed by atoms with Crippen molar-refractivity contribution in [3.05, 3.63) is 48.2 Å². The third-order valence-corrected chi connectivity index (χ3v) is 6.43. The van der Waals surface area contributed by atoms with Gasteiger partial charge in [-0.1, -0.05) is 0 Å². The van der Waals surface area contributed by atoms with Crippen LogP contribution in [-0.2, 0) is 6.54 Å². The van der Waals surface area contributed by atoms with Crippen LogP contribution in [0.5, 0.6) is 5.75 Å². The summed E-state index contributed by atoms with van der Waals surface area (Å²) in [6.45, 7) is 1.85. The number of aromatic nitrogens is 4. The summed E-state index contributed by atoms with van der Waals surface area (Å²) in [5.74, 6) is -1.94. The number of rotatable bonds is 6. The second kappa shape index (κ2) is 10.2. The van der Waals surface area contributed by atoms with E-state index >= 15 is 0 Å². The van der Waals surface area contributed by atoms with Crippen LogP contribution in [0.25, 0.3) is 22.6 Å². The molecule has 2 aromatic heterocycles. The fourth-order valence-corrected chi connectivity index (χ4v) is 4.52. The number of likely N-dealkylation sites (N-methyl/N-ethyl adjacent to an activating group) is 1. The van der Waals surface area contributed by atoms with Gasteiger partial charge in [-0.25, -0.2) is 23.7 Å². The molecule has 0 radical (unpaired) electrons. The highest BCUT2D eigenvalue weighted by Crippen LogP contribution is 2.37. The topological polar surface area (TPSA) is 97.4 Å². The van der Waals surface area contributed by atoms with E-state index in [2.05, 4.69) is 37.1 Å². The van der Waals surface area contributed by atoms with Crippen molar-refractivity contribution in [3.8, 4) is 17.3 Å². The van der Waals surface area contributed by atoms with Gasteiger partial charge in [-0.05, 0) is 25.2 Å². The van der Waals surface area contributed by atoms with Crippen molar-refractivity contribution in [2.75, 3.05) is 56.3 Å². The number of anilines is 4. The molecule has 5 rings (SSSR count). The summed E-state index contributed by atoms with van der Waals surface area (Å²) in [6, 6.07) is 6.16. The van der Waals surface area contributed by atoms with Crippen LogP contribution in [-0.4, -0.2) is 70.9 Å². The highest BCUT2D eigenvalue weighted by Gasteiger charge is 2.32. The van der Waals surface area contributed by atoms with E-state index in [1.165, 1.54) is 19.4 Å². The third kappa shape index (κ3) is 5.50. The normalized spacial score (nSPS) is 14.7. The number of halogens is 5. The van der Waals surface area contributed by atoms with Gasteiger partial charge in [-0.3, -0.25) is 0 Å². The van der Waals surface area contributed by atoms with Gasteiger partial charge in [0.2, 0.25) is 5.95 Å². The monoisotopic (exact) mass is 548 g/mol. The largest absolute Gasteiger partial charge is 0.494 e. The zero-order chi connectivity index (χ0) is 27.9. The van der Waals surface area contributed by atoms with Crippen molar-refractivity contribution in [2.24, 2.45) is 0 Å². The van der Waals surface area contributed by atoms with Crippen LogP contribution in [0.15, 0.2) is 36.5 Å².